The van der Waals surface area contributed by atoms with Crippen molar-refractivity contribution in [3.8, 4) is 0 Å². The first-order valence-electron chi connectivity index (χ1n) is 6.03. The van der Waals surface area contributed by atoms with Crippen LogP contribution in [0.25, 0.3) is 0 Å². The number of carboxylic acid groups (broad SMARTS) is 1. The maximum atomic E-state index is 12.7. The molecule has 1 aromatic carbocycles. The third kappa shape index (κ3) is 4.85. The van der Waals surface area contributed by atoms with Crippen molar-refractivity contribution < 1.29 is 24.2 Å². The molecule has 20 heavy (non-hydrogen) atoms. The molecule has 3 N–H and O–H groups in total. The van der Waals surface area contributed by atoms with E-state index in [9.17, 15) is 14.0 Å². The number of nitrogens with one attached hydrogen (secondary N) is 1. The summed E-state index contributed by atoms with van der Waals surface area (Å²) in [5.74, 6) is -1.57. The number of benzene rings is 1. The highest BCUT2D eigenvalue weighted by Gasteiger charge is 2.21. The minimum absolute atomic E-state index is 0.0640. The highest BCUT2D eigenvalue weighted by atomic mass is 19.1. The van der Waals surface area contributed by atoms with E-state index in [0.29, 0.717) is 0 Å². The Morgan fingerprint density at radius 2 is 1.95 bits per heavy atom. The topological polar surface area (TPSA) is 89.9 Å². The van der Waals surface area contributed by atoms with Crippen LogP contribution >= 0.6 is 0 Å². The predicted molar refractivity (Wildman–Crippen MR) is 69.5 cm³/mol. The van der Waals surface area contributed by atoms with E-state index in [1.165, 1.54) is 24.1 Å². The number of aliphatic carboxylic acids is 1. The molecule has 1 aromatic rings. The number of aliphatic hydroxyl groups is 1. The summed E-state index contributed by atoms with van der Waals surface area (Å²) in [5, 5.41) is 19.9. The van der Waals surface area contributed by atoms with Gasteiger partial charge in [-0.15, -0.1) is 0 Å². The van der Waals surface area contributed by atoms with Crippen molar-refractivity contribution in [3.05, 3.63) is 35.6 Å². The fraction of sp³-hybridized carbons (Fsp3) is 0.385. The van der Waals surface area contributed by atoms with Crippen molar-refractivity contribution in [2.45, 2.75) is 19.0 Å². The molecule has 110 valence electrons. The molecule has 0 saturated carbocycles. The van der Waals surface area contributed by atoms with Gasteiger partial charge in [0.2, 0.25) is 0 Å². The molecular formula is C13H17FN2O4. The number of aliphatic hydroxyl groups excluding tert-OH is 1. The summed E-state index contributed by atoms with van der Waals surface area (Å²) in [4.78, 5) is 23.9. The molecule has 0 aliphatic carbocycles. The number of nitrogens with zero attached hydrogens (tertiary/aromatic N) is 1. The smallest absolute Gasteiger partial charge is 0.326 e. The van der Waals surface area contributed by atoms with E-state index in [1.807, 2.05) is 0 Å². The molecule has 0 heterocycles. The van der Waals surface area contributed by atoms with Crippen LogP contribution < -0.4 is 5.32 Å². The van der Waals surface area contributed by atoms with Crippen LogP contribution in [0.2, 0.25) is 0 Å². The van der Waals surface area contributed by atoms with Crippen molar-refractivity contribution in [1.82, 2.24) is 10.2 Å². The number of rotatable bonds is 6. The van der Waals surface area contributed by atoms with Crippen LogP contribution in [-0.2, 0) is 11.3 Å². The summed E-state index contributed by atoms with van der Waals surface area (Å²) in [7, 11) is 1.50. The first-order valence-corrected chi connectivity index (χ1v) is 6.03. The summed E-state index contributed by atoms with van der Waals surface area (Å²) in [6.07, 6.45) is -0.0640. The molecule has 0 bridgehead atoms. The van der Waals surface area contributed by atoms with Crippen LogP contribution in [0.4, 0.5) is 9.18 Å². The first kappa shape index (κ1) is 15.9. The molecule has 6 nitrogen and oxygen atoms in total. The zero-order chi connectivity index (χ0) is 15.1. The van der Waals surface area contributed by atoms with Crippen molar-refractivity contribution in [2.75, 3.05) is 13.7 Å². The average molecular weight is 284 g/mol. The largest absolute Gasteiger partial charge is 0.480 e. The van der Waals surface area contributed by atoms with Gasteiger partial charge in [0.15, 0.2) is 0 Å². The van der Waals surface area contributed by atoms with Crippen molar-refractivity contribution in [2.24, 2.45) is 0 Å². The Labute approximate surface area is 115 Å². The zero-order valence-corrected chi connectivity index (χ0v) is 11.0. The van der Waals surface area contributed by atoms with Gasteiger partial charge in [-0.3, -0.25) is 0 Å². The second-order valence-corrected chi connectivity index (χ2v) is 4.34. The molecule has 0 radical (unpaired) electrons. The summed E-state index contributed by atoms with van der Waals surface area (Å²) >= 11 is 0. The lowest BCUT2D eigenvalue weighted by Gasteiger charge is -2.21. The minimum Gasteiger partial charge on any atom is -0.480 e. The van der Waals surface area contributed by atoms with Gasteiger partial charge in [0.25, 0.3) is 0 Å². The van der Waals surface area contributed by atoms with E-state index >= 15 is 0 Å². The molecule has 0 unspecified atom stereocenters. The normalized spacial score (nSPS) is 11.8. The Bertz CT molecular complexity index is 464. The van der Waals surface area contributed by atoms with Crippen LogP contribution in [0.1, 0.15) is 12.0 Å². The van der Waals surface area contributed by atoms with Crippen molar-refractivity contribution in [1.29, 1.82) is 0 Å². The average Bonchev–Trinajstić information content (AvgIpc) is 2.40. The fourth-order valence-corrected chi connectivity index (χ4v) is 1.58. The number of carbonyl (C=O) groups excluding carboxylic acids is 1. The van der Waals surface area contributed by atoms with Gasteiger partial charge in [0.1, 0.15) is 11.9 Å². The van der Waals surface area contributed by atoms with Crippen LogP contribution in [-0.4, -0.2) is 46.8 Å². The number of hydrogen-bond donors (Lipinski definition) is 3. The quantitative estimate of drug-likeness (QED) is 0.721. The number of hydrogen-bond acceptors (Lipinski definition) is 3. The van der Waals surface area contributed by atoms with Gasteiger partial charge in [-0.2, -0.15) is 0 Å². The van der Waals surface area contributed by atoms with Crippen molar-refractivity contribution in [3.63, 3.8) is 0 Å². The molecule has 1 rings (SSSR count). The summed E-state index contributed by atoms with van der Waals surface area (Å²) in [5.41, 5.74) is 0.720. The maximum absolute atomic E-state index is 12.7. The number of halogens is 1. The molecule has 7 heteroatoms. The zero-order valence-electron chi connectivity index (χ0n) is 11.0. The predicted octanol–water partition coefficient (Wildman–Crippen LogP) is 0.803. The molecule has 0 aliphatic rings. The van der Waals surface area contributed by atoms with Gasteiger partial charge >= 0.3 is 12.0 Å². The molecule has 1 atom stereocenters. The fourth-order valence-electron chi connectivity index (χ4n) is 1.58. The lowest BCUT2D eigenvalue weighted by Crippen LogP contribution is -2.46. The molecule has 0 fully saturated rings. The molecule has 0 spiro atoms. The third-order valence-corrected chi connectivity index (χ3v) is 2.69. The second kappa shape index (κ2) is 7.44. The Hall–Kier alpha value is -2.15. The Kier molecular flexibility index (Phi) is 5.92. The monoisotopic (exact) mass is 284 g/mol. The van der Waals surface area contributed by atoms with E-state index in [2.05, 4.69) is 5.32 Å². The van der Waals surface area contributed by atoms with E-state index in [1.54, 1.807) is 12.1 Å². The van der Waals surface area contributed by atoms with E-state index in [-0.39, 0.29) is 25.4 Å². The summed E-state index contributed by atoms with van der Waals surface area (Å²) in [6.45, 7) is -0.115. The highest BCUT2D eigenvalue weighted by molar-refractivity contribution is 5.82. The van der Waals surface area contributed by atoms with Gasteiger partial charge in [-0.1, -0.05) is 12.1 Å². The van der Waals surface area contributed by atoms with Gasteiger partial charge in [0, 0.05) is 26.6 Å². The number of amides is 2. The third-order valence-electron chi connectivity index (χ3n) is 2.69. The molecular weight excluding hydrogens is 267 g/mol. The Balaban J connectivity index is 2.57. The number of urea groups is 1. The molecule has 2 amide bonds. The number of carbonyl (C=O) groups is 2. The van der Waals surface area contributed by atoms with E-state index < -0.39 is 18.0 Å². The van der Waals surface area contributed by atoms with Crippen LogP contribution in [0.3, 0.4) is 0 Å². The lowest BCUT2D eigenvalue weighted by atomic mass is 10.2. The minimum atomic E-state index is -1.21. The molecule has 0 saturated heterocycles. The maximum Gasteiger partial charge on any atom is 0.326 e. The first-order chi connectivity index (χ1) is 9.43. The van der Waals surface area contributed by atoms with Gasteiger partial charge in [-0.25, -0.2) is 14.0 Å². The number of carboxylic acids is 1. The SMILES string of the molecule is CN(Cc1ccc(F)cc1)C(=O)N[C@@H](CCO)C(=O)O. The second-order valence-electron chi connectivity index (χ2n) is 4.34. The van der Waals surface area contributed by atoms with Crippen molar-refractivity contribution >= 4 is 12.0 Å². The summed E-state index contributed by atoms with van der Waals surface area (Å²) in [6, 6.07) is 3.95. The van der Waals surface area contributed by atoms with Crippen LogP contribution in [0.15, 0.2) is 24.3 Å². The van der Waals surface area contributed by atoms with Crippen LogP contribution in [0, 0.1) is 5.82 Å². The van der Waals surface area contributed by atoms with Gasteiger partial charge in [-0.05, 0) is 17.7 Å². The van der Waals surface area contributed by atoms with E-state index in [0.717, 1.165) is 5.56 Å². The lowest BCUT2D eigenvalue weighted by molar-refractivity contribution is -0.139. The summed E-state index contributed by atoms with van der Waals surface area (Å²) < 4.78 is 12.7. The van der Waals surface area contributed by atoms with E-state index in [4.69, 9.17) is 10.2 Å². The Morgan fingerprint density at radius 1 is 1.35 bits per heavy atom. The van der Waals surface area contributed by atoms with Gasteiger partial charge in [0.05, 0.1) is 0 Å². The van der Waals surface area contributed by atoms with Gasteiger partial charge < -0.3 is 20.4 Å². The Morgan fingerprint density at radius 3 is 2.45 bits per heavy atom. The highest BCUT2D eigenvalue weighted by Crippen LogP contribution is 2.06. The molecule has 0 aromatic heterocycles. The standard InChI is InChI=1S/C13H17FN2O4/c1-16(8-9-2-4-10(14)5-3-9)13(20)15-11(6-7-17)12(18)19/h2-5,11,17H,6-8H2,1H3,(H,15,20)(H,18,19)/t11-/m0/s1. The van der Waals surface area contributed by atoms with Crippen LogP contribution in [0.5, 0.6) is 0 Å². The molecule has 0 aliphatic heterocycles.